The Bertz CT molecular complexity index is 1260. The molecular weight excluding hydrogens is 438 g/mol. The molecule has 6 nitrogen and oxygen atoms in total. The number of H-pyrrole nitrogens is 1. The van der Waals surface area contributed by atoms with E-state index in [1.54, 1.807) is 19.9 Å². The minimum Gasteiger partial charge on any atom is -0.335 e. The molecule has 0 bridgehead atoms. The van der Waals surface area contributed by atoms with E-state index in [2.05, 4.69) is 30.2 Å². The molecule has 32 heavy (non-hydrogen) atoms. The number of nitrogens with one attached hydrogen (secondary N) is 2. The molecule has 0 aliphatic rings. The van der Waals surface area contributed by atoms with Crippen LogP contribution < -0.4 is 5.32 Å². The number of halogens is 6. The van der Waals surface area contributed by atoms with E-state index in [4.69, 9.17) is 0 Å². The number of hydrogen-bond donors (Lipinski definition) is 2. The van der Waals surface area contributed by atoms with Crippen LogP contribution in [0.25, 0.3) is 22.4 Å². The number of aromatic amines is 1. The summed E-state index contributed by atoms with van der Waals surface area (Å²) < 4.78 is 81.3. The van der Waals surface area contributed by atoms with E-state index in [-0.39, 0.29) is 16.9 Å². The van der Waals surface area contributed by atoms with Crippen LogP contribution in [0, 0.1) is 13.8 Å². The Balaban J connectivity index is 1.90. The van der Waals surface area contributed by atoms with Gasteiger partial charge in [0.15, 0.2) is 5.82 Å². The maximum atomic E-state index is 13.6. The number of alkyl halides is 6. The molecule has 0 saturated carbocycles. The largest absolute Gasteiger partial charge is 0.417 e. The van der Waals surface area contributed by atoms with Crippen molar-refractivity contribution in [3.05, 3.63) is 59.2 Å². The van der Waals surface area contributed by atoms with E-state index in [0.717, 1.165) is 0 Å². The van der Waals surface area contributed by atoms with Gasteiger partial charge in [0.1, 0.15) is 23.0 Å². The molecule has 4 rings (SSSR count). The molecule has 0 radical (unpaired) electrons. The number of aromatic nitrogens is 5. The molecule has 1 aromatic carbocycles. The third-order valence-electron chi connectivity index (χ3n) is 4.53. The van der Waals surface area contributed by atoms with Crippen LogP contribution in [0.2, 0.25) is 0 Å². The van der Waals surface area contributed by atoms with Crippen molar-refractivity contribution in [2.75, 3.05) is 5.32 Å². The topological polar surface area (TPSA) is 79.4 Å². The zero-order chi connectivity index (χ0) is 23.3. The first-order chi connectivity index (χ1) is 14.9. The first-order valence-corrected chi connectivity index (χ1v) is 9.15. The maximum absolute atomic E-state index is 13.6. The van der Waals surface area contributed by atoms with E-state index < -0.39 is 34.9 Å². The molecule has 0 spiro atoms. The van der Waals surface area contributed by atoms with Crippen molar-refractivity contribution in [3.8, 4) is 11.4 Å². The van der Waals surface area contributed by atoms with Crippen molar-refractivity contribution in [1.29, 1.82) is 0 Å². The minimum atomic E-state index is -5.02. The fourth-order valence-electron chi connectivity index (χ4n) is 3.33. The summed E-state index contributed by atoms with van der Waals surface area (Å²) in [6, 6.07) is 4.88. The quantitative estimate of drug-likeness (QED) is 0.384. The Morgan fingerprint density at radius 1 is 0.875 bits per heavy atom. The summed E-state index contributed by atoms with van der Waals surface area (Å²) in [6.45, 7) is 3.42. The molecule has 12 heteroatoms. The molecule has 0 saturated heterocycles. The number of imidazole rings is 1. The summed E-state index contributed by atoms with van der Waals surface area (Å²) >= 11 is 0. The van der Waals surface area contributed by atoms with Crippen LogP contribution in [0.15, 0.2) is 36.5 Å². The van der Waals surface area contributed by atoms with Crippen molar-refractivity contribution in [1.82, 2.24) is 24.9 Å². The Morgan fingerprint density at radius 2 is 1.53 bits per heavy atom. The zero-order valence-electron chi connectivity index (χ0n) is 16.5. The lowest BCUT2D eigenvalue weighted by Gasteiger charge is -2.17. The van der Waals surface area contributed by atoms with Crippen LogP contribution >= 0.6 is 0 Å². The highest BCUT2D eigenvalue weighted by molar-refractivity contribution is 5.90. The molecule has 3 aromatic heterocycles. The highest BCUT2D eigenvalue weighted by Gasteiger charge is 2.42. The van der Waals surface area contributed by atoms with E-state index >= 15 is 0 Å². The van der Waals surface area contributed by atoms with Gasteiger partial charge in [-0.25, -0.2) is 19.9 Å². The lowest BCUT2D eigenvalue weighted by Crippen LogP contribution is -2.14. The standard InChI is InChI=1S/C20H14F6N6/c1-9-8-14(29-10(2)28-9)31-18-16-13(6-7-27-18)30-17(32-16)15-11(19(21,22)23)4-3-5-12(15)20(24,25)26/h3-8H,1-2H3,(H,30,32)(H,27,28,29,31). The molecule has 0 fully saturated rings. The fraction of sp³-hybridized carbons (Fsp3) is 0.200. The summed E-state index contributed by atoms with van der Waals surface area (Å²) in [4.78, 5) is 19.0. The minimum absolute atomic E-state index is 0.126. The molecule has 3 heterocycles. The van der Waals surface area contributed by atoms with Gasteiger partial charge in [0.05, 0.1) is 16.6 Å². The predicted octanol–water partition coefficient (Wildman–Crippen LogP) is 5.81. The van der Waals surface area contributed by atoms with E-state index in [9.17, 15) is 26.3 Å². The predicted molar refractivity (Wildman–Crippen MR) is 104 cm³/mol. The monoisotopic (exact) mass is 452 g/mol. The van der Waals surface area contributed by atoms with Crippen LogP contribution in [0.5, 0.6) is 0 Å². The third-order valence-corrected chi connectivity index (χ3v) is 4.53. The van der Waals surface area contributed by atoms with Crippen LogP contribution in [-0.4, -0.2) is 24.9 Å². The summed E-state index contributed by atoms with van der Waals surface area (Å²) in [7, 11) is 0. The van der Waals surface area contributed by atoms with Gasteiger partial charge in [-0.15, -0.1) is 0 Å². The SMILES string of the molecule is Cc1cc(Nc2nccc3nc(-c4c(C(F)(F)F)cccc4C(F)(F)F)[nH]c23)nc(C)n1. The van der Waals surface area contributed by atoms with E-state index in [1.165, 1.54) is 12.3 Å². The molecular formula is C20H14F6N6. The van der Waals surface area contributed by atoms with Crippen LogP contribution in [-0.2, 0) is 12.4 Å². The molecule has 0 atom stereocenters. The third kappa shape index (κ3) is 4.07. The summed E-state index contributed by atoms with van der Waals surface area (Å²) in [5.41, 5.74) is -3.06. The number of pyridine rings is 1. The Hall–Kier alpha value is -3.70. The first-order valence-electron chi connectivity index (χ1n) is 9.15. The molecule has 166 valence electrons. The van der Waals surface area contributed by atoms with E-state index in [0.29, 0.717) is 35.5 Å². The smallest absolute Gasteiger partial charge is 0.335 e. The number of hydrogen-bond acceptors (Lipinski definition) is 5. The number of aryl methyl sites for hydroxylation is 2. The molecule has 0 aliphatic heterocycles. The average molecular weight is 452 g/mol. The van der Waals surface area contributed by atoms with Gasteiger partial charge >= 0.3 is 12.4 Å². The molecule has 0 unspecified atom stereocenters. The summed E-state index contributed by atoms with van der Waals surface area (Å²) in [5, 5.41) is 2.91. The van der Waals surface area contributed by atoms with Gasteiger partial charge in [0, 0.05) is 23.5 Å². The number of anilines is 2. The Kier molecular flexibility index (Phi) is 5.02. The van der Waals surface area contributed by atoms with Crippen LogP contribution in [0.4, 0.5) is 38.0 Å². The highest BCUT2D eigenvalue weighted by Crippen LogP contribution is 2.44. The lowest BCUT2D eigenvalue weighted by molar-refractivity contribution is -0.142. The van der Waals surface area contributed by atoms with Gasteiger partial charge < -0.3 is 10.3 Å². The van der Waals surface area contributed by atoms with Gasteiger partial charge in [-0.3, -0.25) is 0 Å². The maximum Gasteiger partial charge on any atom is 0.417 e. The highest BCUT2D eigenvalue weighted by atomic mass is 19.4. The Morgan fingerprint density at radius 3 is 2.12 bits per heavy atom. The van der Waals surface area contributed by atoms with Crippen molar-refractivity contribution in [2.24, 2.45) is 0 Å². The van der Waals surface area contributed by atoms with Gasteiger partial charge in [-0.1, -0.05) is 6.07 Å². The van der Waals surface area contributed by atoms with Crippen molar-refractivity contribution in [2.45, 2.75) is 26.2 Å². The second kappa shape index (κ2) is 7.46. The molecule has 2 N–H and O–H groups in total. The molecule has 0 aliphatic carbocycles. The summed E-state index contributed by atoms with van der Waals surface area (Å²) in [6.07, 6.45) is -8.72. The number of rotatable bonds is 3. The second-order valence-corrected chi connectivity index (χ2v) is 6.93. The van der Waals surface area contributed by atoms with Crippen molar-refractivity contribution >= 4 is 22.7 Å². The number of benzene rings is 1. The zero-order valence-corrected chi connectivity index (χ0v) is 16.5. The van der Waals surface area contributed by atoms with Crippen LogP contribution in [0.3, 0.4) is 0 Å². The average Bonchev–Trinajstić information content (AvgIpc) is 3.10. The lowest BCUT2D eigenvalue weighted by atomic mass is 9.99. The van der Waals surface area contributed by atoms with Gasteiger partial charge in [-0.2, -0.15) is 26.3 Å². The van der Waals surface area contributed by atoms with Crippen LogP contribution in [0.1, 0.15) is 22.6 Å². The summed E-state index contributed by atoms with van der Waals surface area (Å²) in [5.74, 6) is 0.389. The van der Waals surface area contributed by atoms with E-state index in [1.807, 2.05) is 0 Å². The molecule has 4 aromatic rings. The molecule has 0 amide bonds. The number of nitrogens with zero attached hydrogens (tertiary/aromatic N) is 4. The normalized spacial score (nSPS) is 12.4. The fourth-order valence-corrected chi connectivity index (χ4v) is 3.33. The number of fused-ring (bicyclic) bond motifs is 1. The van der Waals surface area contributed by atoms with Gasteiger partial charge in [-0.05, 0) is 32.0 Å². The van der Waals surface area contributed by atoms with Crippen molar-refractivity contribution in [3.63, 3.8) is 0 Å². The van der Waals surface area contributed by atoms with Gasteiger partial charge in [0.25, 0.3) is 0 Å². The van der Waals surface area contributed by atoms with Crippen molar-refractivity contribution < 1.29 is 26.3 Å². The second-order valence-electron chi connectivity index (χ2n) is 6.93. The first kappa shape index (κ1) is 21.5. The van der Waals surface area contributed by atoms with Gasteiger partial charge in [0.2, 0.25) is 0 Å². The Labute approximate surface area is 176 Å².